The summed E-state index contributed by atoms with van der Waals surface area (Å²) < 4.78 is 0. The normalized spacial score (nSPS) is 11.6. The molecule has 0 saturated heterocycles. The van der Waals surface area contributed by atoms with Crippen molar-refractivity contribution in [2.75, 3.05) is 5.73 Å². The zero-order valence-corrected chi connectivity index (χ0v) is 10.4. The summed E-state index contributed by atoms with van der Waals surface area (Å²) in [4.78, 5) is 11.9. The molecule has 0 aromatic heterocycles. The number of anilines is 1. The third kappa shape index (κ3) is 3.69. The van der Waals surface area contributed by atoms with E-state index < -0.39 is 0 Å². The van der Waals surface area contributed by atoms with Gasteiger partial charge in [-0.3, -0.25) is 4.79 Å². The Balaban J connectivity index is 2.79. The van der Waals surface area contributed by atoms with E-state index in [-0.39, 0.29) is 11.9 Å². The summed E-state index contributed by atoms with van der Waals surface area (Å²) in [5.74, 6) is 2.31. The molecule has 0 aliphatic rings. The molecule has 0 radical (unpaired) electrons. The van der Waals surface area contributed by atoms with Gasteiger partial charge in [0, 0.05) is 18.2 Å². The van der Waals surface area contributed by atoms with Crippen LogP contribution < -0.4 is 11.1 Å². The Hall–Kier alpha value is -1.66. The van der Waals surface area contributed by atoms with Crippen molar-refractivity contribution in [1.82, 2.24) is 5.32 Å². The number of nitrogens with one attached hydrogen (secondary N) is 1. The van der Waals surface area contributed by atoms with Gasteiger partial charge in [-0.1, -0.05) is 18.5 Å². The minimum absolute atomic E-state index is 0.0267. The quantitative estimate of drug-likeness (QED) is 0.637. The zero-order chi connectivity index (χ0) is 12.8. The lowest BCUT2D eigenvalue weighted by atomic mass is 10.1. The maximum Gasteiger partial charge on any atom is 0.253 e. The van der Waals surface area contributed by atoms with Crippen LogP contribution in [0.4, 0.5) is 5.69 Å². The molecule has 3 nitrogen and oxygen atoms in total. The van der Waals surface area contributed by atoms with Gasteiger partial charge in [-0.05, 0) is 24.6 Å². The molecule has 1 aromatic rings. The van der Waals surface area contributed by atoms with Crippen LogP contribution in [0.25, 0.3) is 0 Å². The highest BCUT2D eigenvalue weighted by Gasteiger charge is 2.14. The van der Waals surface area contributed by atoms with Crippen molar-refractivity contribution in [2.24, 2.45) is 0 Å². The van der Waals surface area contributed by atoms with Crippen LogP contribution in [-0.4, -0.2) is 11.9 Å². The van der Waals surface area contributed by atoms with Crippen LogP contribution in [0, 0.1) is 12.3 Å². The smallest absolute Gasteiger partial charge is 0.253 e. The standard InChI is InChI=1S/C13H15ClN2O/c1-3-5-10(4-2)16-13(17)11-7-6-9(15)8-12(11)14/h1,6-8,10H,4-5,15H2,2H3,(H,16,17). The summed E-state index contributed by atoms with van der Waals surface area (Å²) in [5, 5.41) is 3.18. The Kier molecular flexibility index (Phi) is 4.86. The van der Waals surface area contributed by atoms with Gasteiger partial charge in [0.15, 0.2) is 0 Å². The van der Waals surface area contributed by atoms with Crippen LogP contribution in [0.2, 0.25) is 5.02 Å². The fourth-order valence-corrected chi connectivity index (χ4v) is 1.69. The summed E-state index contributed by atoms with van der Waals surface area (Å²) in [6.07, 6.45) is 6.51. The van der Waals surface area contributed by atoms with E-state index in [9.17, 15) is 4.79 Å². The molecule has 0 aliphatic heterocycles. The van der Waals surface area contributed by atoms with Gasteiger partial charge in [0.2, 0.25) is 0 Å². The van der Waals surface area contributed by atoms with Crippen molar-refractivity contribution >= 4 is 23.2 Å². The number of hydrogen-bond donors (Lipinski definition) is 2. The molecule has 1 atom stereocenters. The number of nitrogen functional groups attached to an aromatic ring is 1. The van der Waals surface area contributed by atoms with Crippen molar-refractivity contribution < 1.29 is 4.79 Å². The highest BCUT2D eigenvalue weighted by molar-refractivity contribution is 6.34. The van der Waals surface area contributed by atoms with Crippen molar-refractivity contribution in [1.29, 1.82) is 0 Å². The van der Waals surface area contributed by atoms with Crippen LogP contribution in [-0.2, 0) is 0 Å². The number of carbonyl (C=O) groups is 1. The average Bonchev–Trinajstić information content (AvgIpc) is 2.28. The Labute approximate surface area is 106 Å². The van der Waals surface area contributed by atoms with Crippen LogP contribution in [0.15, 0.2) is 18.2 Å². The summed E-state index contributed by atoms with van der Waals surface area (Å²) in [6.45, 7) is 1.97. The number of rotatable bonds is 4. The molecule has 3 N–H and O–H groups in total. The molecule has 90 valence electrons. The van der Waals surface area contributed by atoms with Crippen molar-refractivity contribution in [3.63, 3.8) is 0 Å². The molecular weight excluding hydrogens is 236 g/mol. The zero-order valence-electron chi connectivity index (χ0n) is 9.66. The maximum atomic E-state index is 11.9. The van der Waals surface area contributed by atoms with Gasteiger partial charge in [-0.2, -0.15) is 0 Å². The van der Waals surface area contributed by atoms with E-state index in [1.54, 1.807) is 18.2 Å². The highest BCUT2D eigenvalue weighted by atomic mass is 35.5. The SMILES string of the molecule is C#CCC(CC)NC(=O)c1ccc(N)cc1Cl. The van der Waals surface area contributed by atoms with Gasteiger partial charge in [-0.25, -0.2) is 0 Å². The van der Waals surface area contributed by atoms with Crippen molar-refractivity contribution in [3.8, 4) is 12.3 Å². The van der Waals surface area contributed by atoms with Crippen LogP contribution in [0.1, 0.15) is 30.1 Å². The summed E-state index contributed by atoms with van der Waals surface area (Å²) in [7, 11) is 0. The van der Waals surface area contributed by atoms with Gasteiger partial charge in [0.25, 0.3) is 5.91 Å². The summed E-state index contributed by atoms with van der Waals surface area (Å²) in [5.41, 5.74) is 6.50. The molecule has 17 heavy (non-hydrogen) atoms. The third-order valence-corrected chi connectivity index (χ3v) is 2.74. The van der Waals surface area contributed by atoms with Gasteiger partial charge in [-0.15, -0.1) is 12.3 Å². The van der Waals surface area contributed by atoms with E-state index in [0.717, 1.165) is 6.42 Å². The largest absolute Gasteiger partial charge is 0.399 e. The van der Waals surface area contributed by atoms with E-state index in [1.807, 2.05) is 6.92 Å². The lowest BCUT2D eigenvalue weighted by molar-refractivity contribution is 0.0937. The molecule has 4 heteroatoms. The van der Waals surface area contributed by atoms with Crippen LogP contribution in [0.3, 0.4) is 0 Å². The molecule has 1 unspecified atom stereocenters. The second kappa shape index (κ2) is 6.17. The number of benzene rings is 1. The fraction of sp³-hybridized carbons (Fsp3) is 0.308. The molecule has 0 spiro atoms. The molecule has 0 saturated carbocycles. The topological polar surface area (TPSA) is 55.1 Å². The second-order valence-electron chi connectivity index (χ2n) is 3.73. The van der Waals surface area contributed by atoms with Crippen molar-refractivity contribution in [3.05, 3.63) is 28.8 Å². The number of amides is 1. The Morgan fingerprint density at radius 1 is 1.65 bits per heavy atom. The molecule has 1 rings (SSSR count). The maximum absolute atomic E-state index is 11.9. The highest BCUT2D eigenvalue weighted by Crippen LogP contribution is 2.19. The van der Waals surface area contributed by atoms with E-state index in [0.29, 0.717) is 22.7 Å². The second-order valence-corrected chi connectivity index (χ2v) is 4.13. The molecule has 0 bridgehead atoms. The number of halogens is 1. The molecule has 1 amide bonds. The average molecular weight is 251 g/mol. The van der Waals surface area contributed by atoms with Gasteiger partial charge in [0.05, 0.1) is 10.6 Å². The lowest BCUT2D eigenvalue weighted by Gasteiger charge is -2.14. The predicted molar refractivity (Wildman–Crippen MR) is 70.9 cm³/mol. The fourth-order valence-electron chi connectivity index (χ4n) is 1.42. The molecule has 0 aliphatic carbocycles. The third-order valence-electron chi connectivity index (χ3n) is 2.43. The Morgan fingerprint density at radius 2 is 2.35 bits per heavy atom. The van der Waals surface area contributed by atoms with E-state index in [2.05, 4.69) is 11.2 Å². The summed E-state index contributed by atoms with van der Waals surface area (Å²) >= 11 is 5.95. The minimum Gasteiger partial charge on any atom is -0.399 e. The first kappa shape index (κ1) is 13.4. The number of terminal acetylenes is 1. The van der Waals surface area contributed by atoms with E-state index in [4.69, 9.17) is 23.8 Å². The molecular formula is C13H15ClN2O. The van der Waals surface area contributed by atoms with Crippen molar-refractivity contribution in [2.45, 2.75) is 25.8 Å². The van der Waals surface area contributed by atoms with Gasteiger partial charge < -0.3 is 11.1 Å². The van der Waals surface area contributed by atoms with Crippen LogP contribution >= 0.6 is 11.6 Å². The minimum atomic E-state index is -0.225. The molecule has 0 heterocycles. The van der Waals surface area contributed by atoms with Crippen LogP contribution in [0.5, 0.6) is 0 Å². The Bertz CT molecular complexity index is 451. The lowest BCUT2D eigenvalue weighted by Crippen LogP contribution is -2.34. The first-order valence-electron chi connectivity index (χ1n) is 5.37. The Morgan fingerprint density at radius 3 is 2.88 bits per heavy atom. The molecule has 1 aromatic carbocycles. The number of carbonyl (C=O) groups excluding carboxylic acids is 1. The number of nitrogens with two attached hydrogens (primary N) is 1. The predicted octanol–water partition coefficient (Wildman–Crippen LogP) is 2.45. The first-order chi connectivity index (χ1) is 8.08. The first-order valence-corrected chi connectivity index (χ1v) is 5.75. The monoisotopic (exact) mass is 250 g/mol. The summed E-state index contributed by atoms with van der Waals surface area (Å²) in [6, 6.07) is 4.78. The van der Waals surface area contributed by atoms with Gasteiger partial charge in [0.1, 0.15) is 0 Å². The van der Waals surface area contributed by atoms with Gasteiger partial charge >= 0.3 is 0 Å². The number of hydrogen-bond acceptors (Lipinski definition) is 2. The molecule has 0 fully saturated rings. The van der Waals surface area contributed by atoms with E-state index in [1.165, 1.54) is 0 Å². The van der Waals surface area contributed by atoms with E-state index >= 15 is 0 Å².